The summed E-state index contributed by atoms with van der Waals surface area (Å²) in [6.07, 6.45) is -2.41. The van der Waals surface area contributed by atoms with Crippen molar-refractivity contribution in [1.82, 2.24) is 10.6 Å². The summed E-state index contributed by atoms with van der Waals surface area (Å²) in [6, 6.07) is 0. The molecule has 0 heterocycles. The highest BCUT2D eigenvalue weighted by atomic mass is 127. The first-order chi connectivity index (χ1) is 15.9. The molecule has 34 heavy (non-hydrogen) atoms. The van der Waals surface area contributed by atoms with Crippen LogP contribution in [0.4, 0.5) is 5.69 Å². The summed E-state index contributed by atoms with van der Waals surface area (Å²) in [5, 5.41) is 53.4. The Balaban J connectivity index is 3.28. The Morgan fingerprint density at radius 3 is 1.79 bits per heavy atom. The van der Waals surface area contributed by atoms with E-state index in [0.29, 0.717) is 0 Å². The number of nitrogens with one attached hydrogen (secondary N) is 3. The second-order valence-electron chi connectivity index (χ2n) is 6.59. The normalized spacial score (nSPS) is 12.6. The van der Waals surface area contributed by atoms with Gasteiger partial charge in [-0.3, -0.25) is 14.4 Å². The number of carbonyl (C=O) groups excluding carboxylic acids is 3. The largest absolute Gasteiger partial charge is 0.480 e. The Kier molecular flexibility index (Phi) is 14.0. The summed E-state index contributed by atoms with van der Waals surface area (Å²) in [7, 11) is 0. The molecule has 0 saturated heterocycles. The number of amides is 3. The second kappa shape index (κ2) is 15.3. The fraction of sp³-hybridized carbons (Fsp3) is 0.444. The van der Waals surface area contributed by atoms with E-state index >= 15 is 0 Å². The Morgan fingerprint density at radius 2 is 1.35 bits per heavy atom. The van der Waals surface area contributed by atoms with Crippen molar-refractivity contribution >= 4 is 97.2 Å². The predicted octanol–water partition coefficient (Wildman–Crippen LogP) is -1.29. The number of aliphatic hydroxyl groups is 4. The molecule has 8 N–H and O–H groups in total. The molecule has 1 aromatic rings. The lowest BCUT2D eigenvalue weighted by Gasteiger charge is -2.20. The minimum absolute atomic E-state index is 0.00127. The Morgan fingerprint density at radius 1 is 0.853 bits per heavy atom. The number of carbonyl (C=O) groups is 4. The Bertz CT molecular complexity index is 931. The van der Waals surface area contributed by atoms with Crippen LogP contribution >= 0.6 is 67.8 Å². The molecule has 0 fully saturated rings. The summed E-state index contributed by atoms with van der Waals surface area (Å²) < 4.78 is 5.50. The topological polar surface area (TPSA) is 215 Å². The fourth-order valence-electron chi connectivity index (χ4n) is 2.36. The number of ether oxygens (including phenoxy) is 1. The zero-order valence-corrected chi connectivity index (χ0v) is 23.8. The molecule has 0 aliphatic carbocycles. The lowest BCUT2D eigenvalue weighted by Crippen LogP contribution is -2.37. The van der Waals surface area contributed by atoms with Crippen molar-refractivity contribution < 1.29 is 49.4 Å². The van der Waals surface area contributed by atoms with Gasteiger partial charge in [0, 0.05) is 16.7 Å². The molecule has 0 spiro atoms. The molecular formula is C18H22I3N3O10. The molecule has 16 heteroatoms. The van der Waals surface area contributed by atoms with Gasteiger partial charge in [0.1, 0.15) is 13.2 Å². The van der Waals surface area contributed by atoms with Crippen LogP contribution in [-0.2, 0) is 14.3 Å². The van der Waals surface area contributed by atoms with Gasteiger partial charge in [-0.15, -0.1) is 0 Å². The third-order valence-electron chi connectivity index (χ3n) is 3.92. The van der Waals surface area contributed by atoms with Gasteiger partial charge < -0.3 is 46.2 Å². The van der Waals surface area contributed by atoms with Crippen LogP contribution in [0.1, 0.15) is 20.7 Å². The quantitative estimate of drug-likeness (QED) is 0.110. The van der Waals surface area contributed by atoms with Gasteiger partial charge >= 0.3 is 5.97 Å². The maximum atomic E-state index is 12.9. The number of rotatable bonds is 13. The van der Waals surface area contributed by atoms with Gasteiger partial charge in [-0.2, -0.15) is 0 Å². The van der Waals surface area contributed by atoms with E-state index in [4.69, 9.17) is 20.1 Å². The first-order valence-electron chi connectivity index (χ1n) is 9.38. The lowest BCUT2D eigenvalue weighted by atomic mass is 10.1. The van der Waals surface area contributed by atoms with Crippen molar-refractivity contribution in [1.29, 1.82) is 0 Å². The van der Waals surface area contributed by atoms with Crippen LogP contribution in [0.3, 0.4) is 0 Å². The van der Waals surface area contributed by atoms with Crippen molar-refractivity contribution in [2.45, 2.75) is 12.2 Å². The van der Waals surface area contributed by atoms with Gasteiger partial charge in [0.05, 0.1) is 49.4 Å². The van der Waals surface area contributed by atoms with E-state index in [1.807, 2.05) is 0 Å². The fourth-order valence-corrected chi connectivity index (χ4v) is 6.77. The van der Waals surface area contributed by atoms with E-state index in [-0.39, 0.29) is 47.2 Å². The maximum Gasteiger partial charge on any atom is 0.329 e. The van der Waals surface area contributed by atoms with Gasteiger partial charge in [-0.05, 0) is 67.8 Å². The molecule has 0 aliphatic rings. The smallest absolute Gasteiger partial charge is 0.329 e. The molecule has 2 unspecified atom stereocenters. The zero-order chi connectivity index (χ0) is 26.0. The van der Waals surface area contributed by atoms with Crippen LogP contribution in [0.5, 0.6) is 0 Å². The lowest BCUT2D eigenvalue weighted by molar-refractivity contribution is -0.143. The standard InChI is InChI=1S/C18H22I3N3O10/c19-13-11(17(32)22-1-7(27)3-25)14(20)16(24-9(29)4-26)15(21)12(13)18(33)23-2-8(28)5-34-6-10(30)31/h7-8,25-28H,1-6H2,(H,22,32)(H,23,33)(H,24,29)(H,30,31). The van der Waals surface area contributed by atoms with Crippen molar-refractivity contribution in [2.75, 3.05) is 44.8 Å². The molecule has 0 saturated carbocycles. The van der Waals surface area contributed by atoms with Crippen LogP contribution in [0.2, 0.25) is 0 Å². The highest BCUT2D eigenvalue weighted by Gasteiger charge is 2.29. The molecule has 2 atom stereocenters. The van der Waals surface area contributed by atoms with E-state index in [1.54, 1.807) is 67.8 Å². The van der Waals surface area contributed by atoms with Crippen molar-refractivity contribution in [3.05, 3.63) is 21.8 Å². The van der Waals surface area contributed by atoms with Gasteiger partial charge in [-0.25, -0.2) is 4.79 Å². The SMILES string of the molecule is O=C(O)COCC(O)CNC(=O)c1c(I)c(NC(=O)CO)c(I)c(C(=O)NCC(O)CO)c1I. The first kappa shape index (κ1) is 31.1. The van der Waals surface area contributed by atoms with Crippen LogP contribution < -0.4 is 16.0 Å². The first-order valence-corrected chi connectivity index (χ1v) is 12.6. The van der Waals surface area contributed by atoms with Gasteiger partial charge in [0.15, 0.2) is 0 Å². The number of benzene rings is 1. The van der Waals surface area contributed by atoms with Crippen molar-refractivity contribution in [3.8, 4) is 0 Å². The molecule has 0 aromatic heterocycles. The van der Waals surface area contributed by atoms with Crippen LogP contribution in [-0.4, -0.2) is 101 Å². The zero-order valence-electron chi connectivity index (χ0n) is 17.3. The minimum atomic E-state index is -1.21. The van der Waals surface area contributed by atoms with Crippen molar-refractivity contribution in [2.24, 2.45) is 0 Å². The molecule has 13 nitrogen and oxygen atoms in total. The highest BCUT2D eigenvalue weighted by molar-refractivity contribution is 14.1. The minimum Gasteiger partial charge on any atom is -0.480 e. The molecule has 190 valence electrons. The predicted molar refractivity (Wildman–Crippen MR) is 143 cm³/mol. The van der Waals surface area contributed by atoms with E-state index in [1.165, 1.54) is 0 Å². The van der Waals surface area contributed by atoms with Crippen LogP contribution in [0.25, 0.3) is 0 Å². The van der Waals surface area contributed by atoms with E-state index in [0.717, 1.165) is 0 Å². The molecule has 3 amide bonds. The second-order valence-corrected chi connectivity index (χ2v) is 9.83. The number of aliphatic hydroxyl groups excluding tert-OH is 4. The average Bonchev–Trinajstić information content (AvgIpc) is 2.78. The molecular weight excluding hydrogens is 799 g/mol. The Hall–Kier alpha value is -0.910. The van der Waals surface area contributed by atoms with E-state index < -0.39 is 55.7 Å². The molecule has 0 radical (unpaired) electrons. The Labute approximate surface area is 234 Å². The molecule has 1 aromatic carbocycles. The van der Waals surface area contributed by atoms with Crippen LogP contribution in [0.15, 0.2) is 0 Å². The summed E-state index contributed by atoms with van der Waals surface area (Å²) in [4.78, 5) is 48.1. The average molecular weight is 821 g/mol. The number of anilines is 1. The summed E-state index contributed by atoms with van der Waals surface area (Å²) >= 11 is 5.38. The van der Waals surface area contributed by atoms with E-state index in [9.17, 15) is 29.4 Å². The summed E-state index contributed by atoms with van der Waals surface area (Å²) in [5.74, 6) is -3.38. The third-order valence-corrected chi connectivity index (χ3v) is 7.16. The maximum absolute atomic E-state index is 12.9. The summed E-state index contributed by atoms with van der Waals surface area (Å²) in [6.45, 7) is -2.94. The van der Waals surface area contributed by atoms with Gasteiger partial charge in [-0.1, -0.05) is 0 Å². The summed E-state index contributed by atoms with van der Waals surface area (Å²) in [5.41, 5.74) is 0.112. The van der Waals surface area contributed by atoms with Crippen molar-refractivity contribution in [3.63, 3.8) is 0 Å². The molecule has 0 aliphatic heterocycles. The number of hydrogen-bond donors (Lipinski definition) is 8. The number of carboxylic acids is 1. The van der Waals surface area contributed by atoms with E-state index in [2.05, 4.69) is 16.0 Å². The monoisotopic (exact) mass is 821 g/mol. The number of halogens is 3. The highest BCUT2D eigenvalue weighted by Crippen LogP contribution is 2.35. The van der Waals surface area contributed by atoms with Crippen LogP contribution in [0, 0.1) is 10.7 Å². The molecule has 1 rings (SSSR count). The van der Waals surface area contributed by atoms with Gasteiger partial charge in [0.2, 0.25) is 5.91 Å². The third kappa shape index (κ3) is 9.28. The number of carboxylic acid groups (broad SMARTS) is 1. The number of hydrogen-bond acceptors (Lipinski definition) is 9. The molecule has 0 bridgehead atoms. The van der Waals surface area contributed by atoms with Gasteiger partial charge in [0.25, 0.3) is 11.8 Å². The number of aliphatic carboxylic acids is 1.